The molecule has 0 unspecified atom stereocenters. The second-order valence-electron chi connectivity index (χ2n) is 8.36. The zero-order valence-corrected chi connectivity index (χ0v) is 18.2. The number of halogens is 1. The van der Waals surface area contributed by atoms with Crippen molar-refractivity contribution in [1.29, 1.82) is 0 Å². The lowest BCUT2D eigenvalue weighted by atomic mass is 9.92. The molecule has 4 rings (SSSR count). The Morgan fingerprint density at radius 2 is 1.61 bits per heavy atom. The van der Waals surface area contributed by atoms with E-state index in [1.807, 2.05) is 12.1 Å². The number of hydrogen-bond acceptors (Lipinski definition) is 4. The summed E-state index contributed by atoms with van der Waals surface area (Å²) in [6.45, 7) is 2.58. The largest absolute Gasteiger partial charge is 0.299 e. The van der Waals surface area contributed by atoms with Crippen LogP contribution in [0.25, 0.3) is 10.8 Å². The van der Waals surface area contributed by atoms with Crippen molar-refractivity contribution in [1.82, 2.24) is 4.90 Å². The van der Waals surface area contributed by atoms with E-state index >= 15 is 0 Å². The number of rotatable bonds is 7. The monoisotopic (exact) mass is 439 g/mol. The zero-order chi connectivity index (χ0) is 21.8. The van der Waals surface area contributed by atoms with Crippen LogP contribution in [-0.4, -0.2) is 37.9 Å². The normalized spacial score (nSPS) is 15.9. The molecule has 0 radical (unpaired) electrons. The Morgan fingerprint density at radius 3 is 2.35 bits per heavy atom. The molecule has 0 aromatic heterocycles. The lowest BCUT2D eigenvalue weighted by Crippen LogP contribution is -2.34. The van der Waals surface area contributed by atoms with Crippen LogP contribution < -0.4 is 0 Å². The number of likely N-dealkylation sites (tertiary alicyclic amines) is 1. The van der Waals surface area contributed by atoms with Gasteiger partial charge in [-0.3, -0.25) is 9.69 Å². The summed E-state index contributed by atoms with van der Waals surface area (Å²) in [5.74, 6) is -0.624. The van der Waals surface area contributed by atoms with Crippen molar-refractivity contribution in [3.63, 3.8) is 0 Å². The lowest BCUT2D eigenvalue weighted by molar-refractivity contribution is -0.117. The fraction of sp³-hybridized carbons (Fsp3) is 0.320. The number of fused-ring (bicyclic) bond motifs is 1. The third kappa shape index (κ3) is 5.57. The Morgan fingerprint density at radius 1 is 0.935 bits per heavy atom. The van der Waals surface area contributed by atoms with E-state index in [1.165, 1.54) is 23.8 Å². The van der Waals surface area contributed by atoms with Crippen molar-refractivity contribution in [3.8, 4) is 0 Å². The van der Waals surface area contributed by atoms with Gasteiger partial charge >= 0.3 is 0 Å². The molecule has 0 aliphatic carbocycles. The summed E-state index contributed by atoms with van der Waals surface area (Å²) in [7, 11) is -3.57. The summed E-state index contributed by atoms with van der Waals surface area (Å²) in [4.78, 5) is 15.0. The highest BCUT2D eigenvalue weighted by Crippen LogP contribution is 2.24. The van der Waals surface area contributed by atoms with E-state index in [-0.39, 0.29) is 22.4 Å². The molecule has 1 aliphatic heterocycles. The maximum atomic E-state index is 13.3. The van der Waals surface area contributed by atoms with Crippen molar-refractivity contribution in [2.24, 2.45) is 5.92 Å². The van der Waals surface area contributed by atoms with Crippen molar-refractivity contribution >= 4 is 26.4 Å². The Hall–Kier alpha value is -2.57. The number of benzene rings is 3. The molecule has 1 saturated heterocycles. The first-order valence-corrected chi connectivity index (χ1v) is 12.2. The highest BCUT2D eigenvalue weighted by molar-refractivity contribution is 7.92. The van der Waals surface area contributed by atoms with E-state index in [2.05, 4.69) is 11.0 Å². The minimum atomic E-state index is -3.57. The van der Waals surface area contributed by atoms with Gasteiger partial charge in [0.15, 0.2) is 9.84 Å². The predicted octanol–water partition coefficient (Wildman–Crippen LogP) is 4.62. The number of nitrogens with zero attached hydrogens (tertiary/aromatic N) is 1. The van der Waals surface area contributed by atoms with Gasteiger partial charge in [0.05, 0.1) is 4.90 Å². The molecule has 31 heavy (non-hydrogen) atoms. The number of carbonyl (C=O) groups excluding carboxylic acids is 1. The number of Topliss-reactive ketones (excluding diaryl/α,β-unsaturated/α-hetero) is 1. The summed E-state index contributed by atoms with van der Waals surface area (Å²) in [6, 6.07) is 19.1. The van der Waals surface area contributed by atoms with Crippen LogP contribution >= 0.6 is 0 Å². The van der Waals surface area contributed by atoms with Crippen LogP contribution in [0.5, 0.6) is 0 Å². The number of ketones is 1. The minimum absolute atomic E-state index is 0.205. The highest BCUT2D eigenvalue weighted by atomic mass is 32.2. The molecule has 3 aromatic rings. The van der Waals surface area contributed by atoms with Crippen LogP contribution in [0.1, 0.15) is 24.8 Å². The van der Waals surface area contributed by atoms with E-state index < -0.39 is 15.6 Å². The van der Waals surface area contributed by atoms with Crippen LogP contribution in [0.4, 0.5) is 4.39 Å². The molecular formula is C25H26FNO3S. The van der Waals surface area contributed by atoms with E-state index in [1.54, 1.807) is 30.3 Å². The summed E-state index contributed by atoms with van der Waals surface area (Å²) in [5, 5.41) is 1.92. The first-order valence-electron chi connectivity index (χ1n) is 10.6. The molecule has 0 spiro atoms. The van der Waals surface area contributed by atoms with Crippen LogP contribution in [0, 0.1) is 11.7 Å². The molecule has 0 N–H and O–H groups in total. The molecule has 1 heterocycles. The second-order valence-corrected chi connectivity index (χ2v) is 10.3. The van der Waals surface area contributed by atoms with Crippen molar-refractivity contribution in [3.05, 3.63) is 78.1 Å². The fourth-order valence-electron chi connectivity index (χ4n) is 4.28. The molecular weight excluding hydrogens is 413 g/mol. The average Bonchev–Trinajstić information content (AvgIpc) is 2.75. The summed E-state index contributed by atoms with van der Waals surface area (Å²) in [6.07, 6.45) is 2.09. The first-order chi connectivity index (χ1) is 14.9. The van der Waals surface area contributed by atoms with Crippen molar-refractivity contribution in [2.45, 2.75) is 30.7 Å². The SMILES string of the molecule is O=C(CC1CCN(Cc2ccc3cc(F)ccc3c2)CC1)CS(=O)(=O)c1ccccc1. The molecule has 0 amide bonds. The Kier molecular flexibility index (Phi) is 6.49. The Balaban J connectivity index is 1.28. The van der Waals surface area contributed by atoms with E-state index in [0.29, 0.717) is 6.42 Å². The summed E-state index contributed by atoms with van der Waals surface area (Å²) < 4.78 is 38.2. The molecule has 0 bridgehead atoms. The molecule has 0 saturated carbocycles. The number of hydrogen-bond donors (Lipinski definition) is 0. The van der Waals surface area contributed by atoms with Crippen molar-refractivity contribution < 1.29 is 17.6 Å². The van der Waals surface area contributed by atoms with Gasteiger partial charge in [-0.2, -0.15) is 0 Å². The van der Waals surface area contributed by atoms with Gasteiger partial charge in [-0.25, -0.2) is 12.8 Å². The van der Waals surface area contributed by atoms with Crippen LogP contribution in [0.15, 0.2) is 71.6 Å². The number of sulfone groups is 1. The van der Waals surface area contributed by atoms with Gasteiger partial charge in [0.25, 0.3) is 0 Å². The van der Waals surface area contributed by atoms with Crippen LogP contribution in [0.2, 0.25) is 0 Å². The smallest absolute Gasteiger partial charge is 0.185 e. The number of carbonyl (C=O) groups is 1. The Bertz CT molecular complexity index is 1170. The predicted molar refractivity (Wildman–Crippen MR) is 120 cm³/mol. The van der Waals surface area contributed by atoms with Gasteiger partial charge < -0.3 is 0 Å². The van der Waals surface area contributed by atoms with Gasteiger partial charge in [-0.1, -0.05) is 36.4 Å². The second kappa shape index (κ2) is 9.28. The lowest BCUT2D eigenvalue weighted by Gasteiger charge is -2.31. The molecule has 6 heteroatoms. The molecule has 4 nitrogen and oxygen atoms in total. The average molecular weight is 440 g/mol. The standard InChI is InChI=1S/C25H26FNO3S/c26-23-9-8-21-14-20(6-7-22(21)16-23)17-27-12-10-19(11-13-27)15-24(28)18-31(29,30)25-4-2-1-3-5-25/h1-9,14,16,19H,10-13,15,17-18H2. The topological polar surface area (TPSA) is 54.5 Å². The molecule has 0 atom stereocenters. The Labute approximate surface area is 182 Å². The van der Waals surface area contributed by atoms with Crippen LogP contribution in [-0.2, 0) is 21.2 Å². The summed E-state index contributed by atoms with van der Waals surface area (Å²) >= 11 is 0. The van der Waals surface area contributed by atoms with Crippen LogP contribution in [0.3, 0.4) is 0 Å². The maximum absolute atomic E-state index is 13.3. The third-order valence-corrected chi connectivity index (χ3v) is 7.64. The van der Waals surface area contributed by atoms with Gasteiger partial charge in [-0.15, -0.1) is 0 Å². The zero-order valence-electron chi connectivity index (χ0n) is 17.3. The van der Waals surface area contributed by atoms with Crippen molar-refractivity contribution in [2.75, 3.05) is 18.8 Å². The molecule has 162 valence electrons. The first kappa shape index (κ1) is 21.7. The molecule has 1 aliphatic rings. The highest BCUT2D eigenvalue weighted by Gasteiger charge is 2.25. The number of piperidine rings is 1. The van der Waals surface area contributed by atoms with Gasteiger partial charge in [0, 0.05) is 13.0 Å². The van der Waals surface area contributed by atoms with Gasteiger partial charge in [0.1, 0.15) is 17.4 Å². The van der Waals surface area contributed by atoms with Gasteiger partial charge in [-0.05, 0) is 78.5 Å². The quantitative estimate of drug-likeness (QED) is 0.539. The third-order valence-electron chi connectivity index (χ3n) is 5.95. The minimum Gasteiger partial charge on any atom is -0.299 e. The fourth-order valence-corrected chi connectivity index (χ4v) is 5.56. The summed E-state index contributed by atoms with van der Waals surface area (Å²) in [5.41, 5.74) is 1.18. The van der Waals surface area contributed by atoms with Gasteiger partial charge in [0.2, 0.25) is 0 Å². The molecule has 3 aromatic carbocycles. The maximum Gasteiger partial charge on any atom is 0.185 e. The van der Waals surface area contributed by atoms with E-state index in [0.717, 1.165) is 43.2 Å². The van der Waals surface area contributed by atoms with E-state index in [9.17, 15) is 17.6 Å². The van der Waals surface area contributed by atoms with E-state index in [4.69, 9.17) is 0 Å². The molecule has 1 fully saturated rings.